The van der Waals surface area contributed by atoms with Gasteiger partial charge in [-0.25, -0.2) is 0 Å². The van der Waals surface area contributed by atoms with E-state index in [0.717, 1.165) is 43.7 Å². The molecule has 2 rings (SSSR count). The molecule has 1 unspecified atom stereocenters. The second-order valence-electron chi connectivity index (χ2n) is 4.82. The maximum Gasteiger partial charge on any atom is 0.156 e. The molecule has 0 amide bonds. The number of nitrogens with two attached hydrogens (primary N) is 1. The van der Waals surface area contributed by atoms with Gasteiger partial charge in [-0.1, -0.05) is 29.8 Å². The lowest BCUT2D eigenvalue weighted by molar-refractivity contribution is 0.176. The summed E-state index contributed by atoms with van der Waals surface area (Å²) in [7, 11) is 1.68. The van der Waals surface area contributed by atoms with Crippen molar-refractivity contribution in [3.05, 3.63) is 29.8 Å². The Morgan fingerprint density at radius 1 is 1.47 bits per heavy atom. The lowest BCUT2D eigenvalue weighted by Crippen LogP contribution is -2.47. The van der Waals surface area contributed by atoms with E-state index >= 15 is 0 Å². The predicted octanol–water partition coefficient (Wildman–Crippen LogP) is 1.80. The van der Waals surface area contributed by atoms with Gasteiger partial charge in [-0.2, -0.15) is 0 Å². The SMILES string of the molecule is COc1ccccc1CN1CCCCC1C(N)=NO. The van der Waals surface area contributed by atoms with Gasteiger partial charge < -0.3 is 15.7 Å². The van der Waals surface area contributed by atoms with Crippen LogP contribution in [0.15, 0.2) is 29.4 Å². The van der Waals surface area contributed by atoms with Crippen molar-refractivity contribution in [1.29, 1.82) is 0 Å². The molecule has 1 aromatic carbocycles. The van der Waals surface area contributed by atoms with E-state index in [1.807, 2.05) is 18.2 Å². The normalized spacial score (nSPS) is 21.3. The van der Waals surface area contributed by atoms with Crippen molar-refractivity contribution >= 4 is 5.84 Å². The minimum Gasteiger partial charge on any atom is -0.496 e. The zero-order valence-corrected chi connectivity index (χ0v) is 11.2. The summed E-state index contributed by atoms with van der Waals surface area (Å²) in [4.78, 5) is 2.25. The summed E-state index contributed by atoms with van der Waals surface area (Å²) in [5.41, 5.74) is 6.92. The van der Waals surface area contributed by atoms with Crippen molar-refractivity contribution in [2.75, 3.05) is 13.7 Å². The molecule has 104 valence electrons. The number of rotatable bonds is 4. The maximum absolute atomic E-state index is 8.88. The Balaban J connectivity index is 2.15. The zero-order chi connectivity index (χ0) is 13.7. The molecule has 3 N–H and O–H groups in total. The number of benzene rings is 1. The summed E-state index contributed by atoms with van der Waals surface area (Å²) in [6.07, 6.45) is 3.19. The molecule has 1 saturated heterocycles. The van der Waals surface area contributed by atoms with E-state index in [-0.39, 0.29) is 6.04 Å². The van der Waals surface area contributed by atoms with Crippen LogP contribution in [0.2, 0.25) is 0 Å². The Morgan fingerprint density at radius 2 is 2.26 bits per heavy atom. The van der Waals surface area contributed by atoms with Gasteiger partial charge in [0.15, 0.2) is 5.84 Å². The summed E-state index contributed by atoms with van der Waals surface area (Å²) in [6, 6.07) is 7.98. The molecule has 5 nitrogen and oxygen atoms in total. The van der Waals surface area contributed by atoms with Crippen LogP contribution in [0, 0.1) is 0 Å². The monoisotopic (exact) mass is 263 g/mol. The number of hydrogen-bond donors (Lipinski definition) is 2. The predicted molar refractivity (Wildman–Crippen MR) is 74.5 cm³/mol. The van der Waals surface area contributed by atoms with Gasteiger partial charge in [0.2, 0.25) is 0 Å². The molecule has 1 heterocycles. The number of nitrogens with zero attached hydrogens (tertiary/aromatic N) is 2. The highest BCUT2D eigenvalue weighted by molar-refractivity contribution is 5.85. The second kappa shape index (κ2) is 6.43. The Labute approximate surface area is 113 Å². The molecular weight excluding hydrogens is 242 g/mol. The van der Waals surface area contributed by atoms with Crippen molar-refractivity contribution in [2.45, 2.75) is 31.8 Å². The molecule has 0 radical (unpaired) electrons. The fourth-order valence-corrected chi connectivity index (χ4v) is 2.63. The van der Waals surface area contributed by atoms with E-state index in [1.165, 1.54) is 0 Å². The van der Waals surface area contributed by atoms with Gasteiger partial charge in [-0.15, -0.1) is 0 Å². The van der Waals surface area contributed by atoms with Crippen LogP contribution in [0.4, 0.5) is 0 Å². The first kappa shape index (κ1) is 13.7. The topological polar surface area (TPSA) is 71.1 Å². The van der Waals surface area contributed by atoms with Crippen LogP contribution in [0.3, 0.4) is 0 Å². The summed E-state index contributed by atoms with van der Waals surface area (Å²) in [5, 5.41) is 12.1. The Kier molecular flexibility index (Phi) is 4.63. The number of likely N-dealkylation sites (tertiary alicyclic amines) is 1. The van der Waals surface area contributed by atoms with Crippen molar-refractivity contribution in [2.24, 2.45) is 10.9 Å². The quantitative estimate of drug-likeness (QED) is 0.376. The minimum absolute atomic E-state index is 0.0173. The Hall–Kier alpha value is -1.75. The van der Waals surface area contributed by atoms with Crippen LogP contribution < -0.4 is 10.5 Å². The maximum atomic E-state index is 8.88. The van der Waals surface area contributed by atoms with E-state index in [0.29, 0.717) is 5.84 Å². The Bertz CT molecular complexity index is 448. The van der Waals surface area contributed by atoms with E-state index in [9.17, 15) is 0 Å². The summed E-state index contributed by atoms with van der Waals surface area (Å²) in [6.45, 7) is 1.71. The number of para-hydroxylation sites is 1. The highest BCUT2D eigenvalue weighted by atomic mass is 16.5. The first-order valence-corrected chi connectivity index (χ1v) is 6.59. The van der Waals surface area contributed by atoms with E-state index in [2.05, 4.69) is 16.1 Å². The minimum atomic E-state index is 0.0173. The fraction of sp³-hybridized carbons (Fsp3) is 0.500. The number of hydrogen-bond acceptors (Lipinski definition) is 4. The molecule has 0 saturated carbocycles. The highest BCUT2D eigenvalue weighted by Gasteiger charge is 2.26. The molecule has 19 heavy (non-hydrogen) atoms. The molecule has 0 bridgehead atoms. The second-order valence-corrected chi connectivity index (χ2v) is 4.82. The van der Waals surface area contributed by atoms with Crippen molar-refractivity contribution < 1.29 is 9.94 Å². The lowest BCUT2D eigenvalue weighted by Gasteiger charge is -2.35. The highest BCUT2D eigenvalue weighted by Crippen LogP contribution is 2.24. The molecule has 5 heteroatoms. The Morgan fingerprint density at radius 3 is 3.00 bits per heavy atom. The van der Waals surface area contributed by atoms with Gasteiger partial charge in [0, 0.05) is 12.1 Å². The molecule has 1 atom stereocenters. The van der Waals surface area contributed by atoms with Gasteiger partial charge in [-0.3, -0.25) is 4.90 Å². The van der Waals surface area contributed by atoms with Crippen LogP contribution in [-0.2, 0) is 6.54 Å². The average Bonchev–Trinajstić information content (AvgIpc) is 2.47. The number of ether oxygens (including phenoxy) is 1. The summed E-state index contributed by atoms with van der Waals surface area (Å²) in [5.74, 6) is 1.18. The number of methoxy groups -OCH3 is 1. The largest absolute Gasteiger partial charge is 0.496 e. The number of piperidine rings is 1. The van der Waals surface area contributed by atoms with Gasteiger partial charge in [0.25, 0.3) is 0 Å². The van der Waals surface area contributed by atoms with Gasteiger partial charge in [-0.05, 0) is 25.5 Å². The fourth-order valence-electron chi connectivity index (χ4n) is 2.63. The number of amidine groups is 1. The van der Waals surface area contributed by atoms with Crippen molar-refractivity contribution in [3.8, 4) is 5.75 Å². The molecule has 1 aliphatic heterocycles. The molecule has 1 fully saturated rings. The molecule has 0 aliphatic carbocycles. The first-order valence-electron chi connectivity index (χ1n) is 6.59. The lowest BCUT2D eigenvalue weighted by atomic mass is 10.00. The average molecular weight is 263 g/mol. The van der Waals surface area contributed by atoms with Gasteiger partial charge >= 0.3 is 0 Å². The third-order valence-electron chi connectivity index (χ3n) is 3.64. The third-order valence-corrected chi connectivity index (χ3v) is 3.64. The first-order chi connectivity index (χ1) is 9.26. The van der Waals surface area contributed by atoms with E-state index < -0.39 is 0 Å². The van der Waals surface area contributed by atoms with Crippen LogP contribution in [0.5, 0.6) is 5.75 Å². The standard InChI is InChI=1S/C14H21N3O2/c1-19-13-8-3-2-6-11(13)10-17-9-5-4-7-12(17)14(15)16-18/h2-3,6,8,12,18H,4-5,7,9-10H2,1H3,(H2,15,16). The van der Waals surface area contributed by atoms with Crippen molar-refractivity contribution in [3.63, 3.8) is 0 Å². The molecule has 1 aliphatic rings. The molecule has 0 spiro atoms. The van der Waals surface area contributed by atoms with Crippen LogP contribution in [0.25, 0.3) is 0 Å². The van der Waals surface area contributed by atoms with E-state index in [1.54, 1.807) is 7.11 Å². The third kappa shape index (κ3) is 3.17. The number of oxime groups is 1. The molecule has 0 aromatic heterocycles. The van der Waals surface area contributed by atoms with Gasteiger partial charge in [0.1, 0.15) is 5.75 Å². The molecular formula is C14H21N3O2. The van der Waals surface area contributed by atoms with Gasteiger partial charge in [0.05, 0.1) is 13.2 Å². The van der Waals surface area contributed by atoms with E-state index in [4.69, 9.17) is 15.7 Å². The smallest absolute Gasteiger partial charge is 0.156 e. The zero-order valence-electron chi connectivity index (χ0n) is 11.2. The van der Waals surface area contributed by atoms with Crippen LogP contribution in [-0.4, -0.2) is 35.6 Å². The van der Waals surface area contributed by atoms with Crippen molar-refractivity contribution in [1.82, 2.24) is 4.90 Å². The van der Waals surface area contributed by atoms with Crippen LogP contribution in [0.1, 0.15) is 24.8 Å². The summed E-state index contributed by atoms with van der Waals surface area (Å²) < 4.78 is 5.37. The van der Waals surface area contributed by atoms with Crippen LogP contribution >= 0.6 is 0 Å². The molecule has 1 aromatic rings. The summed E-state index contributed by atoms with van der Waals surface area (Å²) >= 11 is 0.